The largest absolute Gasteiger partial charge is 0.393 e. The maximum Gasteiger partial charge on any atom is 0.0564 e. The number of hydrogen-bond donors (Lipinski definition) is 2. The average molecular weight is 198 g/mol. The zero-order valence-electron chi connectivity index (χ0n) is 8.86. The molecule has 3 N–H and O–H groups in total. The Morgan fingerprint density at radius 1 is 1.14 bits per heavy atom. The van der Waals surface area contributed by atoms with Gasteiger partial charge in [0.25, 0.3) is 0 Å². The molecule has 3 nitrogen and oxygen atoms in total. The van der Waals surface area contributed by atoms with Crippen molar-refractivity contribution in [3.8, 4) is 0 Å². The average Bonchev–Trinajstić information content (AvgIpc) is 2.56. The highest BCUT2D eigenvalue weighted by Crippen LogP contribution is 2.25. The first-order valence-corrected chi connectivity index (χ1v) is 5.91. The third-order valence-corrected chi connectivity index (χ3v) is 3.77. The molecule has 1 heterocycles. The second kappa shape index (κ2) is 4.60. The minimum absolute atomic E-state index is 0.0523. The van der Waals surface area contributed by atoms with E-state index < -0.39 is 0 Å². The van der Waals surface area contributed by atoms with Crippen molar-refractivity contribution in [2.45, 2.75) is 44.2 Å². The minimum atomic E-state index is -0.0523. The fourth-order valence-electron chi connectivity index (χ4n) is 2.73. The lowest BCUT2D eigenvalue weighted by molar-refractivity contribution is 0.0740. The number of aliphatic hydroxyl groups is 1. The first-order valence-electron chi connectivity index (χ1n) is 5.91. The Kier molecular flexibility index (Phi) is 3.42. The summed E-state index contributed by atoms with van der Waals surface area (Å²) in [5.74, 6) is 0.713. The summed E-state index contributed by atoms with van der Waals surface area (Å²) in [5.41, 5.74) is 6.05. The third kappa shape index (κ3) is 2.47. The lowest BCUT2D eigenvalue weighted by Crippen LogP contribution is -2.41. The zero-order valence-corrected chi connectivity index (χ0v) is 8.86. The molecule has 2 aliphatic rings. The number of hydrogen-bond acceptors (Lipinski definition) is 3. The fourth-order valence-corrected chi connectivity index (χ4v) is 2.73. The summed E-state index contributed by atoms with van der Waals surface area (Å²) in [7, 11) is 0. The molecule has 0 radical (unpaired) electrons. The van der Waals surface area contributed by atoms with Gasteiger partial charge in [-0.05, 0) is 31.6 Å². The second-order valence-corrected chi connectivity index (χ2v) is 4.89. The summed E-state index contributed by atoms with van der Waals surface area (Å²) in [4.78, 5) is 2.47. The van der Waals surface area contributed by atoms with E-state index in [1.165, 1.54) is 19.3 Å². The lowest BCUT2D eigenvalue weighted by Gasteiger charge is -2.32. The molecular formula is C11H22N2O. The van der Waals surface area contributed by atoms with Gasteiger partial charge >= 0.3 is 0 Å². The van der Waals surface area contributed by atoms with Gasteiger partial charge in [0, 0.05) is 25.7 Å². The number of aliphatic hydroxyl groups excluding tert-OH is 1. The van der Waals surface area contributed by atoms with Crippen LogP contribution < -0.4 is 5.73 Å². The Bertz CT molecular complexity index is 178. The molecule has 2 unspecified atom stereocenters. The fraction of sp³-hybridized carbons (Fsp3) is 1.00. The maximum absolute atomic E-state index is 9.39. The Labute approximate surface area is 86.3 Å². The zero-order chi connectivity index (χ0) is 9.97. The van der Waals surface area contributed by atoms with Crippen molar-refractivity contribution in [3.63, 3.8) is 0 Å². The normalized spacial score (nSPS) is 36.4. The van der Waals surface area contributed by atoms with Crippen molar-refractivity contribution in [2.75, 3.05) is 19.6 Å². The van der Waals surface area contributed by atoms with E-state index in [4.69, 9.17) is 5.73 Å². The van der Waals surface area contributed by atoms with E-state index in [-0.39, 0.29) is 6.10 Å². The van der Waals surface area contributed by atoms with E-state index in [1.54, 1.807) is 0 Å². The summed E-state index contributed by atoms with van der Waals surface area (Å²) < 4.78 is 0. The van der Waals surface area contributed by atoms with Crippen molar-refractivity contribution < 1.29 is 5.11 Å². The lowest BCUT2D eigenvalue weighted by atomic mass is 10.0. The first kappa shape index (κ1) is 10.4. The third-order valence-electron chi connectivity index (χ3n) is 3.77. The molecule has 0 bridgehead atoms. The number of nitrogens with zero attached hydrogens (tertiary/aromatic N) is 1. The molecule has 0 amide bonds. The highest BCUT2D eigenvalue weighted by molar-refractivity contribution is 4.84. The van der Waals surface area contributed by atoms with Gasteiger partial charge in [-0.3, -0.25) is 0 Å². The van der Waals surface area contributed by atoms with Crippen LogP contribution in [0, 0.1) is 5.92 Å². The van der Waals surface area contributed by atoms with Crippen molar-refractivity contribution in [3.05, 3.63) is 0 Å². The van der Waals surface area contributed by atoms with Gasteiger partial charge in [-0.25, -0.2) is 0 Å². The maximum atomic E-state index is 9.39. The number of piperidine rings is 1. The topological polar surface area (TPSA) is 49.5 Å². The number of nitrogens with two attached hydrogens (primary N) is 1. The standard InChI is InChI=1S/C11H22N2O/c12-11-3-1-2-9(11)8-13-6-4-10(14)5-7-13/h9-11,14H,1-8,12H2. The van der Waals surface area contributed by atoms with Gasteiger partial charge in [0.2, 0.25) is 0 Å². The predicted octanol–water partition coefficient (Wildman–Crippen LogP) is 0.570. The quantitative estimate of drug-likeness (QED) is 0.682. The molecule has 0 aromatic rings. The Morgan fingerprint density at radius 2 is 1.86 bits per heavy atom. The molecule has 2 fully saturated rings. The van der Waals surface area contributed by atoms with Crippen molar-refractivity contribution in [1.29, 1.82) is 0 Å². The Balaban J connectivity index is 1.74. The van der Waals surface area contributed by atoms with Crippen molar-refractivity contribution in [2.24, 2.45) is 11.7 Å². The molecule has 1 aliphatic heterocycles. The van der Waals surface area contributed by atoms with Crippen LogP contribution in [-0.2, 0) is 0 Å². The summed E-state index contributed by atoms with van der Waals surface area (Å²) in [6.07, 6.45) is 5.66. The molecule has 1 aliphatic carbocycles. The summed E-state index contributed by atoms with van der Waals surface area (Å²) >= 11 is 0. The van der Waals surface area contributed by atoms with Crippen molar-refractivity contribution in [1.82, 2.24) is 4.90 Å². The smallest absolute Gasteiger partial charge is 0.0564 e. The van der Waals surface area contributed by atoms with Gasteiger partial charge in [-0.1, -0.05) is 6.42 Å². The van der Waals surface area contributed by atoms with E-state index in [1.807, 2.05) is 0 Å². The van der Waals surface area contributed by atoms with Crippen molar-refractivity contribution >= 4 is 0 Å². The molecule has 82 valence electrons. The van der Waals surface area contributed by atoms with Gasteiger partial charge in [-0.15, -0.1) is 0 Å². The van der Waals surface area contributed by atoms with E-state index in [2.05, 4.69) is 4.90 Å². The number of likely N-dealkylation sites (tertiary alicyclic amines) is 1. The van der Waals surface area contributed by atoms with Gasteiger partial charge in [-0.2, -0.15) is 0 Å². The monoisotopic (exact) mass is 198 g/mol. The molecular weight excluding hydrogens is 176 g/mol. The summed E-state index contributed by atoms with van der Waals surface area (Å²) in [6.45, 7) is 3.28. The van der Waals surface area contributed by atoms with Crippen LogP contribution in [0.1, 0.15) is 32.1 Å². The minimum Gasteiger partial charge on any atom is -0.393 e. The van der Waals surface area contributed by atoms with Crippen LogP contribution in [0.4, 0.5) is 0 Å². The van der Waals surface area contributed by atoms with Crippen LogP contribution in [0.25, 0.3) is 0 Å². The molecule has 2 atom stereocenters. The molecule has 1 saturated heterocycles. The molecule has 1 saturated carbocycles. The Hall–Kier alpha value is -0.120. The van der Waals surface area contributed by atoms with E-state index in [0.29, 0.717) is 12.0 Å². The van der Waals surface area contributed by atoms with Gasteiger partial charge < -0.3 is 15.7 Å². The SMILES string of the molecule is NC1CCCC1CN1CCC(O)CC1. The van der Waals surface area contributed by atoms with Crippen LogP contribution in [0.5, 0.6) is 0 Å². The van der Waals surface area contributed by atoms with Crippen LogP contribution in [-0.4, -0.2) is 41.8 Å². The first-order chi connectivity index (χ1) is 6.75. The van der Waals surface area contributed by atoms with E-state index in [9.17, 15) is 5.11 Å². The van der Waals surface area contributed by atoms with Gasteiger partial charge in [0.1, 0.15) is 0 Å². The summed E-state index contributed by atoms with van der Waals surface area (Å²) in [6, 6.07) is 0.432. The molecule has 2 rings (SSSR count). The van der Waals surface area contributed by atoms with E-state index in [0.717, 1.165) is 32.5 Å². The molecule has 3 heteroatoms. The molecule has 0 spiro atoms. The highest BCUT2D eigenvalue weighted by Gasteiger charge is 2.27. The second-order valence-electron chi connectivity index (χ2n) is 4.89. The summed E-state index contributed by atoms with van der Waals surface area (Å²) in [5, 5.41) is 9.39. The number of rotatable bonds is 2. The van der Waals surface area contributed by atoms with Crippen LogP contribution in [0.2, 0.25) is 0 Å². The van der Waals surface area contributed by atoms with E-state index >= 15 is 0 Å². The van der Waals surface area contributed by atoms with Gasteiger partial charge in [0.15, 0.2) is 0 Å². The Morgan fingerprint density at radius 3 is 2.43 bits per heavy atom. The predicted molar refractivity (Wildman–Crippen MR) is 57.0 cm³/mol. The molecule has 14 heavy (non-hydrogen) atoms. The molecule has 0 aromatic heterocycles. The van der Waals surface area contributed by atoms with Crippen LogP contribution in [0.15, 0.2) is 0 Å². The van der Waals surface area contributed by atoms with Crippen LogP contribution >= 0.6 is 0 Å². The van der Waals surface area contributed by atoms with Gasteiger partial charge in [0.05, 0.1) is 6.10 Å². The highest BCUT2D eigenvalue weighted by atomic mass is 16.3. The molecule has 0 aromatic carbocycles. The van der Waals surface area contributed by atoms with Crippen LogP contribution in [0.3, 0.4) is 0 Å².